The minimum Gasteiger partial charge on any atom is -0.218 e. The predicted octanol–water partition coefficient (Wildman–Crippen LogP) is 1.36. The minimum atomic E-state index is -3.05. The molecule has 0 spiro atoms. The fraction of sp³-hybridized carbons (Fsp3) is 1.00. The third-order valence-corrected chi connectivity index (χ3v) is 5.09. The molecule has 4 heteroatoms. The molecule has 13 heavy (non-hydrogen) atoms. The highest BCUT2D eigenvalue weighted by Gasteiger charge is 2.34. The maximum Gasteiger partial charge on any atom is 0.214 e. The predicted molar refractivity (Wildman–Crippen MR) is 53.9 cm³/mol. The van der Waals surface area contributed by atoms with Crippen molar-refractivity contribution in [3.63, 3.8) is 0 Å². The van der Waals surface area contributed by atoms with Gasteiger partial charge in [-0.2, -0.15) is 0 Å². The van der Waals surface area contributed by atoms with Crippen LogP contribution in [0, 0.1) is 11.8 Å². The summed E-state index contributed by atoms with van der Waals surface area (Å²) in [5.41, 5.74) is 0. The zero-order valence-electron chi connectivity index (χ0n) is 8.58. The molecular formula is C9H19NO2S. The van der Waals surface area contributed by atoms with E-state index in [9.17, 15) is 8.42 Å². The first kappa shape index (κ1) is 11.0. The van der Waals surface area contributed by atoms with Gasteiger partial charge < -0.3 is 0 Å². The number of hydrogen-bond acceptors (Lipinski definition) is 2. The molecule has 0 heterocycles. The third-order valence-electron chi connectivity index (χ3n) is 3.07. The molecule has 0 radical (unpaired) electrons. The zero-order chi connectivity index (χ0) is 10.1. The van der Waals surface area contributed by atoms with Gasteiger partial charge in [-0.1, -0.05) is 20.3 Å². The first-order valence-corrected chi connectivity index (χ1v) is 6.44. The number of hydrogen-bond donors (Lipinski definition) is 1. The van der Waals surface area contributed by atoms with E-state index in [1.54, 1.807) is 0 Å². The quantitative estimate of drug-likeness (QED) is 0.740. The van der Waals surface area contributed by atoms with Crippen molar-refractivity contribution in [3.05, 3.63) is 0 Å². The number of nitrogens with one attached hydrogen (secondary N) is 1. The van der Waals surface area contributed by atoms with Crippen LogP contribution in [0.2, 0.25) is 0 Å². The van der Waals surface area contributed by atoms with Crippen LogP contribution in [-0.4, -0.2) is 20.7 Å². The third kappa shape index (κ3) is 2.44. The largest absolute Gasteiger partial charge is 0.218 e. The zero-order valence-corrected chi connectivity index (χ0v) is 9.39. The summed E-state index contributed by atoms with van der Waals surface area (Å²) in [6.07, 6.45) is 3.01. The van der Waals surface area contributed by atoms with Crippen molar-refractivity contribution in [1.82, 2.24) is 4.72 Å². The van der Waals surface area contributed by atoms with E-state index in [1.807, 2.05) is 6.92 Å². The fourth-order valence-corrected chi connectivity index (χ4v) is 3.70. The van der Waals surface area contributed by atoms with Gasteiger partial charge in [-0.15, -0.1) is 0 Å². The van der Waals surface area contributed by atoms with Gasteiger partial charge in [0.2, 0.25) is 10.0 Å². The van der Waals surface area contributed by atoms with Gasteiger partial charge in [-0.25, -0.2) is 13.1 Å². The van der Waals surface area contributed by atoms with Crippen molar-refractivity contribution in [2.75, 3.05) is 7.05 Å². The molecule has 1 aliphatic rings. The fourth-order valence-electron chi connectivity index (χ4n) is 2.06. The molecule has 78 valence electrons. The monoisotopic (exact) mass is 205 g/mol. The average molecular weight is 205 g/mol. The molecule has 0 aromatic carbocycles. The summed E-state index contributed by atoms with van der Waals surface area (Å²) in [6.45, 7) is 4.16. The van der Waals surface area contributed by atoms with Crippen LogP contribution in [-0.2, 0) is 10.0 Å². The lowest BCUT2D eigenvalue weighted by atomic mass is 9.84. The molecule has 1 N–H and O–H groups in total. The van der Waals surface area contributed by atoms with Gasteiger partial charge >= 0.3 is 0 Å². The molecule has 0 saturated heterocycles. The lowest BCUT2D eigenvalue weighted by Crippen LogP contribution is -2.39. The van der Waals surface area contributed by atoms with Gasteiger partial charge in [-0.3, -0.25) is 0 Å². The highest BCUT2D eigenvalue weighted by atomic mass is 32.2. The maximum absolute atomic E-state index is 11.6. The van der Waals surface area contributed by atoms with Crippen LogP contribution < -0.4 is 4.72 Å². The smallest absolute Gasteiger partial charge is 0.214 e. The first-order valence-electron chi connectivity index (χ1n) is 4.89. The molecule has 0 amide bonds. The molecule has 1 rings (SSSR count). The Bertz CT molecular complexity index is 261. The summed E-state index contributed by atoms with van der Waals surface area (Å²) in [6, 6.07) is 0. The summed E-state index contributed by atoms with van der Waals surface area (Å²) in [7, 11) is -1.55. The molecule has 1 saturated carbocycles. The van der Waals surface area contributed by atoms with E-state index in [0.717, 1.165) is 19.3 Å². The van der Waals surface area contributed by atoms with Crippen LogP contribution in [0.5, 0.6) is 0 Å². The van der Waals surface area contributed by atoms with Crippen LogP contribution >= 0.6 is 0 Å². The molecule has 0 aromatic rings. The molecule has 3 atom stereocenters. The summed E-state index contributed by atoms with van der Waals surface area (Å²) in [4.78, 5) is 0. The topological polar surface area (TPSA) is 46.2 Å². The van der Waals surface area contributed by atoms with Crippen LogP contribution in [0.4, 0.5) is 0 Å². The van der Waals surface area contributed by atoms with Crippen LogP contribution in [0.15, 0.2) is 0 Å². The first-order chi connectivity index (χ1) is 5.97. The summed E-state index contributed by atoms with van der Waals surface area (Å²) in [5.74, 6) is 0.845. The van der Waals surface area contributed by atoms with Crippen molar-refractivity contribution in [3.8, 4) is 0 Å². The van der Waals surface area contributed by atoms with Crippen LogP contribution in [0.25, 0.3) is 0 Å². The Morgan fingerprint density at radius 3 is 2.38 bits per heavy atom. The van der Waals surface area contributed by atoms with Gasteiger partial charge in [-0.05, 0) is 31.7 Å². The Morgan fingerprint density at radius 1 is 1.23 bits per heavy atom. The van der Waals surface area contributed by atoms with Gasteiger partial charge in [0, 0.05) is 0 Å². The van der Waals surface area contributed by atoms with Crippen molar-refractivity contribution in [2.24, 2.45) is 11.8 Å². The molecule has 3 nitrogen and oxygen atoms in total. The summed E-state index contributed by atoms with van der Waals surface area (Å²) >= 11 is 0. The van der Waals surface area contributed by atoms with Crippen molar-refractivity contribution in [1.29, 1.82) is 0 Å². The molecule has 0 bridgehead atoms. The van der Waals surface area contributed by atoms with Gasteiger partial charge in [0.05, 0.1) is 5.25 Å². The Labute approximate surface area is 81.0 Å². The van der Waals surface area contributed by atoms with Crippen molar-refractivity contribution in [2.45, 2.75) is 38.4 Å². The van der Waals surface area contributed by atoms with E-state index < -0.39 is 10.0 Å². The minimum absolute atomic E-state index is 0.179. The number of sulfonamides is 1. The Hall–Kier alpha value is -0.0900. The van der Waals surface area contributed by atoms with Gasteiger partial charge in [0.25, 0.3) is 0 Å². The van der Waals surface area contributed by atoms with E-state index in [0.29, 0.717) is 11.8 Å². The summed E-state index contributed by atoms with van der Waals surface area (Å²) in [5, 5.41) is -0.179. The van der Waals surface area contributed by atoms with E-state index in [4.69, 9.17) is 0 Å². The Kier molecular flexibility index (Phi) is 3.35. The van der Waals surface area contributed by atoms with Crippen LogP contribution in [0.3, 0.4) is 0 Å². The second-order valence-corrected chi connectivity index (χ2v) is 6.29. The molecule has 0 aliphatic heterocycles. The second-order valence-electron chi connectivity index (χ2n) is 4.18. The lowest BCUT2D eigenvalue weighted by Gasteiger charge is -2.31. The molecule has 1 aliphatic carbocycles. The lowest BCUT2D eigenvalue weighted by molar-refractivity contribution is 0.307. The van der Waals surface area contributed by atoms with E-state index in [1.165, 1.54) is 7.05 Å². The molecule has 1 fully saturated rings. The second kappa shape index (κ2) is 3.96. The van der Waals surface area contributed by atoms with E-state index in [2.05, 4.69) is 11.6 Å². The normalized spacial score (nSPS) is 36.1. The van der Waals surface area contributed by atoms with Gasteiger partial charge in [0.15, 0.2) is 0 Å². The SMILES string of the molecule is CNS(=O)(=O)C1CC(C)CCC1C. The van der Waals surface area contributed by atoms with E-state index >= 15 is 0 Å². The molecule has 0 aromatic heterocycles. The Balaban J connectivity index is 2.77. The van der Waals surface area contributed by atoms with Crippen molar-refractivity contribution < 1.29 is 8.42 Å². The van der Waals surface area contributed by atoms with Crippen LogP contribution in [0.1, 0.15) is 33.1 Å². The molecule has 3 unspecified atom stereocenters. The summed E-state index contributed by atoms with van der Waals surface area (Å²) < 4.78 is 25.6. The standard InChI is InChI=1S/C9H19NO2S/c1-7-4-5-8(2)9(6-7)13(11,12)10-3/h7-10H,4-6H2,1-3H3. The number of rotatable bonds is 2. The van der Waals surface area contributed by atoms with E-state index in [-0.39, 0.29) is 5.25 Å². The maximum atomic E-state index is 11.6. The highest BCUT2D eigenvalue weighted by molar-refractivity contribution is 7.90. The Morgan fingerprint density at radius 2 is 1.85 bits per heavy atom. The van der Waals surface area contributed by atoms with Gasteiger partial charge in [0.1, 0.15) is 0 Å². The highest BCUT2D eigenvalue weighted by Crippen LogP contribution is 2.32. The average Bonchev–Trinajstić information content (AvgIpc) is 2.09. The van der Waals surface area contributed by atoms with Crippen molar-refractivity contribution >= 4 is 10.0 Å². The molecular weight excluding hydrogens is 186 g/mol.